The number of nitrogens with one attached hydrogen (secondary N) is 1. The summed E-state index contributed by atoms with van der Waals surface area (Å²) in [6, 6.07) is 7.39. The number of hydrogen-bond donors (Lipinski definition) is 2. The molecule has 6 nitrogen and oxygen atoms in total. The zero-order chi connectivity index (χ0) is 15.0. The Hall–Kier alpha value is -1.51. The van der Waals surface area contributed by atoms with E-state index in [2.05, 4.69) is 15.0 Å². The Morgan fingerprint density at radius 1 is 1.29 bits per heavy atom. The summed E-state index contributed by atoms with van der Waals surface area (Å²) >= 11 is 0. The van der Waals surface area contributed by atoms with Gasteiger partial charge in [0.25, 0.3) is 0 Å². The third kappa shape index (κ3) is 6.65. The third-order valence-electron chi connectivity index (χ3n) is 2.90. The van der Waals surface area contributed by atoms with E-state index in [4.69, 9.17) is 5.73 Å². The highest BCUT2D eigenvalue weighted by molar-refractivity contribution is 14.0. The van der Waals surface area contributed by atoms with Gasteiger partial charge in [0.2, 0.25) is 0 Å². The number of hydrogen-bond acceptors (Lipinski definition) is 3. The van der Waals surface area contributed by atoms with E-state index in [0.717, 1.165) is 18.7 Å². The first kappa shape index (κ1) is 19.5. The van der Waals surface area contributed by atoms with Crippen molar-refractivity contribution in [3.63, 3.8) is 0 Å². The van der Waals surface area contributed by atoms with Crippen molar-refractivity contribution in [2.24, 2.45) is 10.7 Å². The number of halogens is 1. The van der Waals surface area contributed by atoms with Gasteiger partial charge < -0.3 is 15.4 Å². The molecule has 21 heavy (non-hydrogen) atoms. The maximum Gasteiger partial charge on any atom is 0.411 e. The van der Waals surface area contributed by atoms with Crippen LogP contribution in [0.4, 0.5) is 10.5 Å². The quantitative estimate of drug-likeness (QED) is 0.448. The van der Waals surface area contributed by atoms with Crippen molar-refractivity contribution in [2.75, 3.05) is 25.5 Å². The van der Waals surface area contributed by atoms with Gasteiger partial charge in [0.1, 0.15) is 0 Å². The molecule has 0 unspecified atom stereocenters. The minimum atomic E-state index is -0.485. The Morgan fingerprint density at radius 2 is 1.86 bits per heavy atom. The van der Waals surface area contributed by atoms with E-state index in [1.807, 2.05) is 30.9 Å². The predicted molar refractivity (Wildman–Crippen MR) is 96.1 cm³/mol. The van der Waals surface area contributed by atoms with E-state index in [1.165, 1.54) is 7.11 Å². The summed E-state index contributed by atoms with van der Waals surface area (Å²) in [4.78, 5) is 17.4. The number of guanidine groups is 1. The Balaban J connectivity index is 0.00000400. The highest BCUT2D eigenvalue weighted by Crippen LogP contribution is 2.10. The summed E-state index contributed by atoms with van der Waals surface area (Å²) < 4.78 is 4.52. The molecule has 0 fully saturated rings. The van der Waals surface area contributed by atoms with E-state index >= 15 is 0 Å². The molecule has 7 heteroatoms. The smallest absolute Gasteiger partial charge is 0.411 e. The first-order chi connectivity index (χ1) is 9.60. The minimum absolute atomic E-state index is 0. The number of benzene rings is 1. The van der Waals surface area contributed by atoms with Crippen LogP contribution in [0.5, 0.6) is 0 Å². The molecule has 0 radical (unpaired) electrons. The number of amides is 1. The molecule has 0 atom stereocenters. The SMILES string of the molecule is CCN(CC)C(N)=NCc1ccc(NC(=O)OC)cc1.I. The highest BCUT2D eigenvalue weighted by Gasteiger charge is 2.02. The molecule has 0 aliphatic carbocycles. The van der Waals surface area contributed by atoms with Crippen LogP contribution in [0, 0.1) is 0 Å². The average molecular weight is 406 g/mol. The topological polar surface area (TPSA) is 80.0 Å². The van der Waals surface area contributed by atoms with E-state index in [-0.39, 0.29) is 24.0 Å². The minimum Gasteiger partial charge on any atom is -0.453 e. The van der Waals surface area contributed by atoms with E-state index < -0.39 is 6.09 Å². The van der Waals surface area contributed by atoms with Crippen molar-refractivity contribution in [3.05, 3.63) is 29.8 Å². The molecule has 0 bridgehead atoms. The van der Waals surface area contributed by atoms with E-state index in [9.17, 15) is 4.79 Å². The van der Waals surface area contributed by atoms with Gasteiger partial charge >= 0.3 is 6.09 Å². The fraction of sp³-hybridized carbons (Fsp3) is 0.429. The van der Waals surface area contributed by atoms with Crippen LogP contribution >= 0.6 is 24.0 Å². The van der Waals surface area contributed by atoms with Crippen molar-refractivity contribution in [1.29, 1.82) is 0 Å². The van der Waals surface area contributed by atoms with Crippen LogP contribution < -0.4 is 11.1 Å². The summed E-state index contributed by atoms with van der Waals surface area (Å²) in [7, 11) is 1.33. The van der Waals surface area contributed by atoms with Gasteiger partial charge in [-0.3, -0.25) is 5.32 Å². The van der Waals surface area contributed by atoms with Gasteiger partial charge in [-0.05, 0) is 31.5 Å². The van der Waals surface area contributed by atoms with Crippen LogP contribution in [-0.2, 0) is 11.3 Å². The lowest BCUT2D eigenvalue weighted by Crippen LogP contribution is -2.37. The first-order valence-corrected chi connectivity index (χ1v) is 6.59. The second-order valence-corrected chi connectivity index (χ2v) is 4.16. The first-order valence-electron chi connectivity index (χ1n) is 6.59. The van der Waals surface area contributed by atoms with Crippen molar-refractivity contribution in [2.45, 2.75) is 20.4 Å². The average Bonchev–Trinajstić information content (AvgIpc) is 2.47. The summed E-state index contributed by atoms with van der Waals surface area (Å²) in [5.41, 5.74) is 7.61. The van der Waals surface area contributed by atoms with Crippen molar-refractivity contribution < 1.29 is 9.53 Å². The number of aliphatic imine (C=N–C) groups is 1. The van der Waals surface area contributed by atoms with Gasteiger partial charge in [-0.15, -0.1) is 24.0 Å². The molecule has 0 aliphatic rings. The monoisotopic (exact) mass is 406 g/mol. The molecule has 3 N–H and O–H groups in total. The van der Waals surface area contributed by atoms with Crippen LogP contribution in [0.25, 0.3) is 0 Å². The maximum atomic E-state index is 11.0. The fourth-order valence-electron chi connectivity index (χ4n) is 1.68. The number of nitrogens with two attached hydrogens (primary N) is 1. The Kier molecular flexibility index (Phi) is 9.51. The standard InChI is InChI=1S/C14H22N4O2.HI/c1-4-18(5-2)13(15)16-10-11-6-8-12(9-7-11)17-14(19)20-3;/h6-9H,4-5,10H2,1-3H3,(H2,15,16)(H,17,19);1H. The summed E-state index contributed by atoms with van der Waals surface area (Å²) in [6.45, 7) is 6.28. The van der Waals surface area contributed by atoms with Gasteiger partial charge in [-0.25, -0.2) is 9.79 Å². The third-order valence-corrected chi connectivity index (χ3v) is 2.90. The molecule has 0 heterocycles. The van der Waals surface area contributed by atoms with E-state index in [0.29, 0.717) is 18.2 Å². The Labute approximate surface area is 142 Å². The lowest BCUT2D eigenvalue weighted by atomic mass is 10.2. The number of carbonyl (C=O) groups is 1. The zero-order valence-electron chi connectivity index (χ0n) is 12.6. The Morgan fingerprint density at radius 3 is 2.33 bits per heavy atom. The van der Waals surface area contributed by atoms with Crippen LogP contribution in [0.3, 0.4) is 0 Å². The number of rotatable bonds is 5. The summed E-state index contributed by atoms with van der Waals surface area (Å²) in [6.07, 6.45) is -0.485. The van der Waals surface area contributed by atoms with Gasteiger partial charge in [-0.2, -0.15) is 0 Å². The fourth-order valence-corrected chi connectivity index (χ4v) is 1.68. The molecular formula is C14H23IN4O2. The number of ether oxygens (including phenoxy) is 1. The number of methoxy groups -OCH3 is 1. The van der Waals surface area contributed by atoms with Crippen LogP contribution in [0.15, 0.2) is 29.3 Å². The molecule has 1 aromatic carbocycles. The van der Waals surface area contributed by atoms with Gasteiger partial charge in [-0.1, -0.05) is 12.1 Å². The summed E-state index contributed by atoms with van der Waals surface area (Å²) in [5, 5.41) is 2.59. The molecule has 0 saturated carbocycles. The maximum absolute atomic E-state index is 11.0. The van der Waals surface area contributed by atoms with Gasteiger partial charge in [0.05, 0.1) is 13.7 Å². The van der Waals surface area contributed by atoms with Gasteiger partial charge in [0.15, 0.2) is 5.96 Å². The lowest BCUT2D eigenvalue weighted by molar-refractivity contribution is 0.187. The molecular weight excluding hydrogens is 383 g/mol. The Bertz CT molecular complexity index is 459. The molecule has 1 aromatic rings. The van der Waals surface area contributed by atoms with Crippen molar-refractivity contribution >= 4 is 41.7 Å². The van der Waals surface area contributed by atoms with Gasteiger partial charge in [0, 0.05) is 18.8 Å². The lowest BCUT2D eigenvalue weighted by Gasteiger charge is -2.19. The normalized spacial score (nSPS) is 10.5. The van der Waals surface area contributed by atoms with Crippen molar-refractivity contribution in [1.82, 2.24) is 4.90 Å². The molecule has 0 saturated heterocycles. The largest absolute Gasteiger partial charge is 0.453 e. The molecule has 0 aromatic heterocycles. The predicted octanol–water partition coefficient (Wildman–Crippen LogP) is 2.64. The van der Waals surface area contributed by atoms with Crippen LogP contribution in [-0.4, -0.2) is 37.2 Å². The molecule has 0 aliphatic heterocycles. The van der Waals surface area contributed by atoms with Crippen molar-refractivity contribution in [3.8, 4) is 0 Å². The molecule has 0 spiro atoms. The summed E-state index contributed by atoms with van der Waals surface area (Å²) in [5.74, 6) is 0.548. The molecule has 1 amide bonds. The van der Waals surface area contributed by atoms with E-state index in [1.54, 1.807) is 12.1 Å². The molecule has 118 valence electrons. The number of anilines is 1. The second kappa shape index (κ2) is 10.3. The van der Waals surface area contributed by atoms with Crippen LogP contribution in [0.2, 0.25) is 0 Å². The zero-order valence-corrected chi connectivity index (χ0v) is 15.0. The van der Waals surface area contributed by atoms with Crippen LogP contribution in [0.1, 0.15) is 19.4 Å². The molecule has 1 rings (SSSR count). The highest BCUT2D eigenvalue weighted by atomic mass is 127. The number of nitrogens with zero attached hydrogens (tertiary/aromatic N) is 2. The second-order valence-electron chi connectivity index (χ2n) is 4.16. The number of carbonyl (C=O) groups excluding carboxylic acids is 1.